The van der Waals surface area contributed by atoms with Crippen LogP contribution in [0, 0.1) is 6.92 Å². The lowest BCUT2D eigenvalue weighted by Gasteiger charge is -2.13. The molecular weight excluding hydrogens is 433 g/mol. The van der Waals surface area contributed by atoms with Gasteiger partial charge in [-0.05, 0) is 55.3 Å². The average molecular weight is 456 g/mol. The van der Waals surface area contributed by atoms with Crippen molar-refractivity contribution in [2.24, 2.45) is 5.10 Å². The number of hydrazone groups is 1. The molecular formula is C25H23F3N2O3. The molecule has 0 aliphatic rings. The van der Waals surface area contributed by atoms with Gasteiger partial charge in [-0.1, -0.05) is 42.0 Å². The van der Waals surface area contributed by atoms with E-state index in [0.29, 0.717) is 30.3 Å². The summed E-state index contributed by atoms with van der Waals surface area (Å²) >= 11 is 0. The third-order valence-corrected chi connectivity index (χ3v) is 4.64. The molecule has 0 heterocycles. The summed E-state index contributed by atoms with van der Waals surface area (Å²) < 4.78 is 50.8. The molecule has 0 bridgehead atoms. The van der Waals surface area contributed by atoms with E-state index in [1.54, 1.807) is 18.2 Å². The number of carbonyl (C=O) groups is 1. The van der Waals surface area contributed by atoms with E-state index in [4.69, 9.17) is 9.47 Å². The van der Waals surface area contributed by atoms with Crippen LogP contribution in [0.4, 0.5) is 13.2 Å². The van der Waals surface area contributed by atoms with E-state index < -0.39 is 23.2 Å². The van der Waals surface area contributed by atoms with Gasteiger partial charge in [-0.2, -0.15) is 18.3 Å². The van der Waals surface area contributed by atoms with Crippen LogP contribution >= 0.6 is 0 Å². The topological polar surface area (TPSA) is 59.9 Å². The third kappa shape index (κ3) is 6.58. The summed E-state index contributed by atoms with van der Waals surface area (Å²) in [4.78, 5) is 12.2. The van der Waals surface area contributed by atoms with Crippen LogP contribution in [-0.4, -0.2) is 18.7 Å². The van der Waals surface area contributed by atoms with Crippen molar-refractivity contribution >= 4 is 12.1 Å². The minimum Gasteiger partial charge on any atom is -0.490 e. The molecule has 1 N–H and O–H groups in total. The van der Waals surface area contributed by atoms with E-state index in [2.05, 4.69) is 10.5 Å². The molecule has 0 aromatic heterocycles. The van der Waals surface area contributed by atoms with Gasteiger partial charge in [0.1, 0.15) is 6.61 Å². The Bertz CT molecular complexity index is 1130. The Morgan fingerprint density at radius 2 is 1.73 bits per heavy atom. The second-order valence-corrected chi connectivity index (χ2v) is 7.16. The smallest absolute Gasteiger partial charge is 0.417 e. The molecule has 0 saturated carbocycles. The van der Waals surface area contributed by atoms with Crippen LogP contribution in [0.1, 0.15) is 39.5 Å². The maximum atomic E-state index is 13.1. The van der Waals surface area contributed by atoms with Gasteiger partial charge in [0.05, 0.1) is 23.9 Å². The van der Waals surface area contributed by atoms with E-state index in [0.717, 1.165) is 23.3 Å². The van der Waals surface area contributed by atoms with Gasteiger partial charge >= 0.3 is 6.18 Å². The fraction of sp³-hybridized carbons (Fsp3) is 0.200. The van der Waals surface area contributed by atoms with Crippen molar-refractivity contribution in [3.8, 4) is 11.5 Å². The predicted molar refractivity (Wildman–Crippen MR) is 120 cm³/mol. The molecule has 0 saturated heterocycles. The molecule has 3 rings (SSSR count). The zero-order chi connectivity index (χ0) is 23.8. The summed E-state index contributed by atoms with van der Waals surface area (Å²) in [5.74, 6) is 0.0716. The van der Waals surface area contributed by atoms with Crippen LogP contribution in [0.2, 0.25) is 0 Å². The first kappa shape index (κ1) is 23.8. The lowest BCUT2D eigenvalue weighted by molar-refractivity contribution is -0.137. The standard InChI is InChI=1S/C25H23F3N2O3/c1-3-32-23-14-19(12-13-22(23)33-16-18-10-8-17(2)9-11-18)15-29-30-24(31)20-6-4-5-7-21(20)25(26,27)28/h4-15H,3,16H2,1-2H3,(H,30,31)/b29-15+. The summed E-state index contributed by atoms with van der Waals surface area (Å²) in [6.45, 7) is 4.62. The van der Waals surface area contributed by atoms with Gasteiger partial charge in [-0.15, -0.1) is 0 Å². The number of nitrogens with one attached hydrogen (secondary N) is 1. The average Bonchev–Trinajstić information content (AvgIpc) is 2.79. The molecule has 0 aliphatic carbocycles. The number of nitrogens with zero attached hydrogens (tertiary/aromatic N) is 1. The predicted octanol–water partition coefficient (Wildman–Crippen LogP) is 5.76. The van der Waals surface area contributed by atoms with Crippen LogP contribution < -0.4 is 14.9 Å². The zero-order valence-corrected chi connectivity index (χ0v) is 18.1. The van der Waals surface area contributed by atoms with Gasteiger partial charge in [-0.25, -0.2) is 5.43 Å². The maximum absolute atomic E-state index is 13.1. The van der Waals surface area contributed by atoms with Crippen molar-refractivity contribution in [2.75, 3.05) is 6.61 Å². The van der Waals surface area contributed by atoms with Crippen molar-refractivity contribution in [1.29, 1.82) is 0 Å². The molecule has 8 heteroatoms. The van der Waals surface area contributed by atoms with Crippen molar-refractivity contribution in [3.05, 3.63) is 94.5 Å². The third-order valence-electron chi connectivity index (χ3n) is 4.64. The summed E-state index contributed by atoms with van der Waals surface area (Å²) in [5.41, 5.74) is 3.35. The van der Waals surface area contributed by atoms with Crippen LogP contribution in [0.3, 0.4) is 0 Å². The number of hydrogen-bond donors (Lipinski definition) is 1. The number of halogens is 3. The van der Waals surface area contributed by atoms with Gasteiger partial charge in [0.2, 0.25) is 0 Å². The van der Waals surface area contributed by atoms with E-state index in [1.165, 1.54) is 18.3 Å². The first-order valence-electron chi connectivity index (χ1n) is 10.2. The lowest BCUT2D eigenvalue weighted by atomic mass is 10.1. The van der Waals surface area contributed by atoms with Crippen LogP contribution in [-0.2, 0) is 12.8 Å². The summed E-state index contributed by atoms with van der Waals surface area (Å²) in [7, 11) is 0. The number of ether oxygens (including phenoxy) is 2. The summed E-state index contributed by atoms with van der Waals surface area (Å²) in [6, 6.07) is 17.6. The molecule has 0 aliphatic heterocycles. The number of rotatable bonds is 8. The highest BCUT2D eigenvalue weighted by Crippen LogP contribution is 2.32. The molecule has 0 unspecified atom stereocenters. The largest absolute Gasteiger partial charge is 0.490 e. The van der Waals surface area contributed by atoms with Crippen molar-refractivity contribution in [2.45, 2.75) is 26.6 Å². The number of aryl methyl sites for hydroxylation is 1. The second-order valence-electron chi connectivity index (χ2n) is 7.16. The molecule has 172 valence electrons. The molecule has 3 aromatic rings. The number of amides is 1. The summed E-state index contributed by atoms with van der Waals surface area (Å²) in [6.07, 6.45) is -3.32. The molecule has 0 fully saturated rings. The van der Waals surface area contributed by atoms with Gasteiger partial charge in [0.25, 0.3) is 5.91 Å². The zero-order valence-electron chi connectivity index (χ0n) is 18.1. The molecule has 0 radical (unpaired) electrons. The van der Waals surface area contributed by atoms with Crippen LogP contribution in [0.25, 0.3) is 0 Å². The fourth-order valence-corrected chi connectivity index (χ4v) is 2.99. The maximum Gasteiger partial charge on any atom is 0.417 e. The van der Waals surface area contributed by atoms with Gasteiger partial charge in [0, 0.05) is 0 Å². The lowest BCUT2D eigenvalue weighted by Crippen LogP contribution is -2.22. The molecule has 0 atom stereocenters. The second kappa shape index (κ2) is 10.7. The van der Waals surface area contributed by atoms with E-state index in [-0.39, 0.29) is 0 Å². The first-order chi connectivity index (χ1) is 15.8. The minimum atomic E-state index is -4.64. The molecule has 3 aromatic carbocycles. The SMILES string of the molecule is CCOc1cc(/C=N/NC(=O)c2ccccc2C(F)(F)F)ccc1OCc1ccc(C)cc1. The highest BCUT2D eigenvalue weighted by molar-refractivity contribution is 5.96. The van der Waals surface area contributed by atoms with E-state index >= 15 is 0 Å². The Balaban J connectivity index is 1.69. The molecule has 1 amide bonds. The van der Waals surface area contributed by atoms with E-state index in [1.807, 2.05) is 38.1 Å². The molecule has 5 nitrogen and oxygen atoms in total. The number of carbonyl (C=O) groups excluding carboxylic acids is 1. The number of alkyl halides is 3. The van der Waals surface area contributed by atoms with Gasteiger partial charge in [-0.3, -0.25) is 4.79 Å². The number of benzene rings is 3. The molecule has 0 spiro atoms. The Morgan fingerprint density at radius 1 is 1.00 bits per heavy atom. The van der Waals surface area contributed by atoms with Gasteiger partial charge < -0.3 is 9.47 Å². The Morgan fingerprint density at radius 3 is 2.42 bits per heavy atom. The Kier molecular flexibility index (Phi) is 7.71. The fourth-order valence-electron chi connectivity index (χ4n) is 2.99. The normalized spacial score (nSPS) is 11.4. The quantitative estimate of drug-likeness (QED) is 0.347. The highest BCUT2D eigenvalue weighted by atomic mass is 19.4. The molecule has 33 heavy (non-hydrogen) atoms. The monoisotopic (exact) mass is 456 g/mol. The van der Waals surface area contributed by atoms with Crippen molar-refractivity contribution in [3.63, 3.8) is 0 Å². The van der Waals surface area contributed by atoms with Gasteiger partial charge in [0.15, 0.2) is 11.5 Å². The van der Waals surface area contributed by atoms with Crippen LogP contribution in [0.5, 0.6) is 11.5 Å². The Hall–Kier alpha value is -3.81. The minimum absolute atomic E-state index is 0.364. The summed E-state index contributed by atoms with van der Waals surface area (Å²) in [5, 5.41) is 3.79. The highest BCUT2D eigenvalue weighted by Gasteiger charge is 2.34. The van der Waals surface area contributed by atoms with Crippen molar-refractivity contribution in [1.82, 2.24) is 5.43 Å². The van der Waals surface area contributed by atoms with Crippen LogP contribution in [0.15, 0.2) is 71.8 Å². The van der Waals surface area contributed by atoms with Crippen molar-refractivity contribution < 1.29 is 27.4 Å². The number of hydrogen-bond acceptors (Lipinski definition) is 4. The Labute approximate surface area is 189 Å². The first-order valence-corrected chi connectivity index (χ1v) is 10.2. The van der Waals surface area contributed by atoms with E-state index in [9.17, 15) is 18.0 Å².